The van der Waals surface area contributed by atoms with Gasteiger partial charge in [0.25, 0.3) is 0 Å². The molecular weight excluding hydrogens is 218 g/mol. The molecule has 2 aromatic heterocycles. The molecule has 0 aliphatic carbocycles. The number of carboxylic acid groups (broad SMARTS) is 1. The molecule has 3 aromatic rings. The van der Waals surface area contributed by atoms with Gasteiger partial charge in [-0.3, -0.25) is 4.98 Å². The van der Waals surface area contributed by atoms with Gasteiger partial charge in [0, 0.05) is 17.0 Å². The Morgan fingerprint density at radius 1 is 1.06 bits per heavy atom. The van der Waals surface area contributed by atoms with Crippen molar-refractivity contribution in [1.82, 2.24) is 15.0 Å². The zero-order valence-electron chi connectivity index (χ0n) is 8.66. The number of rotatable bonds is 1. The number of aromatic nitrogens is 3. The summed E-state index contributed by atoms with van der Waals surface area (Å²) in [7, 11) is 0. The molecule has 2 heterocycles. The van der Waals surface area contributed by atoms with E-state index in [1.165, 1.54) is 6.33 Å². The van der Waals surface area contributed by atoms with E-state index in [-0.39, 0.29) is 5.56 Å². The fraction of sp³-hybridized carbons (Fsp3) is 0. The van der Waals surface area contributed by atoms with Crippen molar-refractivity contribution in [3.05, 3.63) is 42.5 Å². The molecule has 0 bridgehead atoms. The van der Waals surface area contributed by atoms with E-state index in [1.54, 1.807) is 30.6 Å². The van der Waals surface area contributed by atoms with Crippen molar-refractivity contribution in [2.24, 2.45) is 0 Å². The second kappa shape index (κ2) is 3.48. The molecule has 0 amide bonds. The highest BCUT2D eigenvalue weighted by atomic mass is 16.4. The lowest BCUT2D eigenvalue weighted by Gasteiger charge is -2.02. The summed E-state index contributed by atoms with van der Waals surface area (Å²) >= 11 is 0. The van der Waals surface area contributed by atoms with Crippen LogP contribution >= 0.6 is 0 Å². The van der Waals surface area contributed by atoms with Crippen LogP contribution in [0.15, 0.2) is 36.9 Å². The van der Waals surface area contributed by atoms with Crippen LogP contribution < -0.4 is 0 Å². The van der Waals surface area contributed by atoms with Crippen molar-refractivity contribution in [3.63, 3.8) is 0 Å². The first-order valence-corrected chi connectivity index (χ1v) is 4.97. The Bertz CT molecular complexity index is 740. The van der Waals surface area contributed by atoms with Gasteiger partial charge in [-0.15, -0.1) is 0 Å². The third-order valence-electron chi connectivity index (χ3n) is 2.60. The predicted molar refractivity (Wildman–Crippen MR) is 61.8 cm³/mol. The molecule has 17 heavy (non-hydrogen) atoms. The molecule has 0 aliphatic rings. The summed E-state index contributed by atoms with van der Waals surface area (Å²) in [6.45, 7) is 0. The van der Waals surface area contributed by atoms with Crippen LogP contribution in [0.3, 0.4) is 0 Å². The first kappa shape index (κ1) is 9.65. The maximum Gasteiger partial charge on any atom is 0.335 e. The molecule has 1 aromatic carbocycles. The highest BCUT2D eigenvalue weighted by Gasteiger charge is 2.07. The second-order valence-corrected chi connectivity index (χ2v) is 3.62. The van der Waals surface area contributed by atoms with Gasteiger partial charge in [-0.2, -0.15) is 0 Å². The van der Waals surface area contributed by atoms with Gasteiger partial charge < -0.3 is 5.11 Å². The van der Waals surface area contributed by atoms with Crippen LogP contribution in [-0.4, -0.2) is 26.0 Å². The molecule has 0 atom stereocenters. The molecule has 5 nitrogen and oxygen atoms in total. The Morgan fingerprint density at radius 2 is 1.94 bits per heavy atom. The van der Waals surface area contributed by atoms with E-state index >= 15 is 0 Å². The fourth-order valence-corrected chi connectivity index (χ4v) is 1.78. The summed E-state index contributed by atoms with van der Waals surface area (Å²) in [5.74, 6) is -0.960. The van der Waals surface area contributed by atoms with E-state index in [2.05, 4.69) is 15.0 Å². The number of benzene rings is 1. The van der Waals surface area contributed by atoms with Gasteiger partial charge in [-0.1, -0.05) is 6.07 Å². The van der Waals surface area contributed by atoms with E-state index in [0.29, 0.717) is 5.52 Å². The van der Waals surface area contributed by atoms with Gasteiger partial charge >= 0.3 is 5.97 Å². The van der Waals surface area contributed by atoms with Crippen LogP contribution in [0.5, 0.6) is 0 Å². The largest absolute Gasteiger partial charge is 0.478 e. The maximum atomic E-state index is 10.9. The summed E-state index contributed by atoms with van der Waals surface area (Å²) in [6, 6.07) is 4.83. The van der Waals surface area contributed by atoms with Gasteiger partial charge in [0.05, 0.1) is 22.8 Å². The van der Waals surface area contributed by atoms with Crippen LogP contribution in [0.2, 0.25) is 0 Å². The molecule has 0 unspecified atom stereocenters. The summed E-state index contributed by atoms with van der Waals surface area (Å²) < 4.78 is 0. The average molecular weight is 225 g/mol. The number of fused-ring (bicyclic) bond motifs is 3. The van der Waals surface area contributed by atoms with Crippen molar-refractivity contribution in [3.8, 4) is 0 Å². The number of aromatic carboxylic acids is 1. The number of carboxylic acids is 1. The third-order valence-corrected chi connectivity index (χ3v) is 2.60. The van der Waals surface area contributed by atoms with Crippen LogP contribution in [-0.2, 0) is 0 Å². The van der Waals surface area contributed by atoms with E-state index in [9.17, 15) is 4.79 Å². The molecule has 0 saturated carbocycles. The Kier molecular flexibility index (Phi) is 1.98. The standard InChI is InChI=1S/C12H7N3O2/c16-12(17)7-1-2-8-9-4-13-6-15-11(9)5-14-10(8)3-7/h1-6H,(H,16,17). The highest BCUT2D eigenvalue weighted by Crippen LogP contribution is 2.22. The van der Waals surface area contributed by atoms with Crippen molar-refractivity contribution in [2.75, 3.05) is 0 Å². The average Bonchev–Trinajstić information content (AvgIpc) is 2.38. The zero-order valence-corrected chi connectivity index (χ0v) is 8.66. The van der Waals surface area contributed by atoms with Gasteiger partial charge in [0.2, 0.25) is 0 Å². The van der Waals surface area contributed by atoms with Crippen molar-refractivity contribution in [1.29, 1.82) is 0 Å². The van der Waals surface area contributed by atoms with Crippen LogP contribution in [0, 0.1) is 0 Å². The molecule has 0 fully saturated rings. The molecule has 0 saturated heterocycles. The Morgan fingerprint density at radius 3 is 2.76 bits per heavy atom. The van der Waals surface area contributed by atoms with Crippen LogP contribution in [0.1, 0.15) is 10.4 Å². The number of pyridine rings is 1. The lowest BCUT2D eigenvalue weighted by Crippen LogP contribution is -1.96. The maximum absolute atomic E-state index is 10.9. The molecular formula is C12H7N3O2. The lowest BCUT2D eigenvalue weighted by atomic mass is 10.1. The van der Waals surface area contributed by atoms with E-state index in [0.717, 1.165) is 16.3 Å². The Labute approximate surface area is 95.8 Å². The quantitative estimate of drug-likeness (QED) is 0.640. The molecule has 5 heteroatoms. The first-order chi connectivity index (χ1) is 8.25. The van der Waals surface area contributed by atoms with Gasteiger partial charge in [0.1, 0.15) is 6.33 Å². The van der Waals surface area contributed by atoms with Crippen molar-refractivity contribution >= 4 is 27.8 Å². The minimum Gasteiger partial charge on any atom is -0.478 e. The number of hydrogen-bond acceptors (Lipinski definition) is 4. The number of carbonyl (C=O) groups is 1. The molecule has 82 valence electrons. The predicted octanol–water partition coefficient (Wildman–Crippen LogP) is 1.88. The minimum atomic E-state index is -0.960. The summed E-state index contributed by atoms with van der Waals surface area (Å²) in [6.07, 6.45) is 4.78. The number of hydrogen-bond donors (Lipinski definition) is 1. The molecule has 0 spiro atoms. The van der Waals surface area contributed by atoms with Gasteiger partial charge in [0.15, 0.2) is 0 Å². The van der Waals surface area contributed by atoms with E-state index in [4.69, 9.17) is 5.11 Å². The third kappa shape index (κ3) is 1.48. The van der Waals surface area contributed by atoms with Gasteiger partial charge in [-0.25, -0.2) is 14.8 Å². The highest BCUT2D eigenvalue weighted by molar-refractivity contribution is 6.05. The van der Waals surface area contributed by atoms with Crippen molar-refractivity contribution in [2.45, 2.75) is 0 Å². The Hall–Kier alpha value is -2.56. The second-order valence-electron chi connectivity index (χ2n) is 3.62. The minimum absolute atomic E-state index is 0.223. The lowest BCUT2D eigenvalue weighted by molar-refractivity contribution is 0.0697. The topological polar surface area (TPSA) is 76.0 Å². The van der Waals surface area contributed by atoms with Crippen molar-refractivity contribution < 1.29 is 9.90 Å². The SMILES string of the molecule is O=C(O)c1ccc2c(c1)ncc1ncncc12. The normalized spacial score (nSPS) is 10.8. The zero-order chi connectivity index (χ0) is 11.8. The van der Waals surface area contributed by atoms with Crippen LogP contribution in [0.4, 0.5) is 0 Å². The monoisotopic (exact) mass is 225 g/mol. The summed E-state index contributed by atoms with van der Waals surface area (Å²) in [5, 5.41) is 10.6. The summed E-state index contributed by atoms with van der Waals surface area (Å²) in [4.78, 5) is 23.1. The van der Waals surface area contributed by atoms with E-state index < -0.39 is 5.97 Å². The molecule has 1 N–H and O–H groups in total. The summed E-state index contributed by atoms with van der Waals surface area (Å²) in [5.41, 5.74) is 1.60. The smallest absolute Gasteiger partial charge is 0.335 e. The molecule has 0 radical (unpaired) electrons. The van der Waals surface area contributed by atoms with Crippen LogP contribution in [0.25, 0.3) is 21.8 Å². The van der Waals surface area contributed by atoms with E-state index in [1.807, 2.05) is 0 Å². The Balaban J connectivity index is 2.41. The first-order valence-electron chi connectivity index (χ1n) is 4.97. The van der Waals surface area contributed by atoms with Gasteiger partial charge in [-0.05, 0) is 12.1 Å². The molecule has 3 rings (SSSR count). The fourth-order valence-electron chi connectivity index (χ4n) is 1.78. The number of nitrogens with zero attached hydrogens (tertiary/aromatic N) is 3. The molecule has 0 aliphatic heterocycles.